The van der Waals surface area contributed by atoms with Gasteiger partial charge in [0.25, 0.3) is 0 Å². The molecule has 0 amide bonds. The summed E-state index contributed by atoms with van der Waals surface area (Å²) in [5, 5.41) is 22.9. The van der Waals surface area contributed by atoms with Gasteiger partial charge in [-0.2, -0.15) is 5.26 Å². The molecule has 0 heterocycles. The Morgan fingerprint density at radius 3 is 2.79 bits per heavy atom. The summed E-state index contributed by atoms with van der Waals surface area (Å²) in [6, 6.07) is 8.38. The molecule has 0 aliphatic rings. The van der Waals surface area contributed by atoms with Crippen molar-refractivity contribution >= 4 is 5.69 Å². The second-order valence-corrected chi connectivity index (χ2v) is 4.30. The van der Waals surface area contributed by atoms with E-state index in [0.29, 0.717) is 13.0 Å². The number of nitrogens with one attached hydrogen (secondary N) is 1. The Balaban J connectivity index is 2.63. The summed E-state index contributed by atoms with van der Waals surface area (Å²) >= 11 is 0. The van der Waals surface area contributed by atoms with Crippen molar-refractivity contribution in [3.63, 3.8) is 0 Å². The van der Waals surface area contributed by atoms with Gasteiger partial charge in [0, 0.05) is 12.5 Å². The van der Waals surface area contributed by atoms with E-state index < -0.39 is 10.5 Å². The van der Waals surface area contributed by atoms with Crippen LogP contribution in [0.2, 0.25) is 0 Å². The molecule has 0 radical (unpaired) electrons. The fourth-order valence-corrected chi connectivity index (χ4v) is 1.67. The van der Waals surface area contributed by atoms with E-state index in [1.54, 1.807) is 25.1 Å². The molecule has 0 bridgehead atoms. The molecule has 102 valence electrons. The number of nitriles is 1. The Morgan fingerprint density at radius 1 is 1.53 bits per heavy atom. The third-order valence-electron chi connectivity index (χ3n) is 2.74. The van der Waals surface area contributed by atoms with Gasteiger partial charge in [-0.15, -0.1) is 0 Å². The molecule has 1 atom stereocenters. The molecule has 0 aliphatic carbocycles. The summed E-state index contributed by atoms with van der Waals surface area (Å²) < 4.78 is 5.41. The quantitative estimate of drug-likeness (QED) is 0.602. The van der Waals surface area contributed by atoms with E-state index in [1.807, 2.05) is 6.92 Å². The van der Waals surface area contributed by atoms with Crippen LogP contribution in [0.5, 0.6) is 5.75 Å². The summed E-state index contributed by atoms with van der Waals surface area (Å²) in [6.07, 6.45) is 0.448. The van der Waals surface area contributed by atoms with Crippen molar-refractivity contribution < 1.29 is 9.66 Å². The average molecular weight is 263 g/mol. The van der Waals surface area contributed by atoms with Crippen molar-refractivity contribution in [1.29, 1.82) is 5.26 Å². The first-order valence-electron chi connectivity index (χ1n) is 6.05. The fourth-order valence-electron chi connectivity index (χ4n) is 1.67. The first kappa shape index (κ1) is 14.9. The molecule has 0 saturated carbocycles. The van der Waals surface area contributed by atoms with Crippen molar-refractivity contribution in [2.45, 2.75) is 25.8 Å². The zero-order valence-electron chi connectivity index (χ0n) is 11.0. The summed E-state index contributed by atoms with van der Waals surface area (Å²) in [4.78, 5) is 10.3. The van der Waals surface area contributed by atoms with Crippen LogP contribution in [0.1, 0.15) is 20.3 Å². The van der Waals surface area contributed by atoms with Gasteiger partial charge in [0.15, 0.2) is 5.75 Å². The average Bonchev–Trinajstić information content (AvgIpc) is 2.39. The lowest BCUT2D eigenvalue weighted by molar-refractivity contribution is -0.385. The number of hydrogen-bond donors (Lipinski definition) is 1. The van der Waals surface area contributed by atoms with Crippen LogP contribution in [0, 0.1) is 21.4 Å². The third-order valence-corrected chi connectivity index (χ3v) is 2.74. The van der Waals surface area contributed by atoms with Gasteiger partial charge < -0.3 is 4.74 Å². The number of ether oxygens (including phenoxy) is 1. The summed E-state index contributed by atoms with van der Waals surface area (Å²) in [6.45, 7) is 4.61. The van der Waals surface area contributed by atoms with Crippen LogP contribution in [-0.2, 0) is 0 Å². The summed E-state index contributed by atoms with van der Waals surface area (Å²) in [5.41, 5.74) is -0.747. The standard InChI is InChI=1S/C13H17N3O3/c1-3-15-13(2,10-14)8-9-19-12-7-5-4-6-11(12)16(17)18/h4-7,15H,3,8-9H2,1-2H3. The zero-order valence-corrected chi connectivity index (χ0v) is 11.0. The van der Waals surface area contributed by atoms with Gasteiger partial charge >= 0.3 is 5.69 Å². The van der Waals surface area contributed by atoms with E-state index in [9.17, 15) is 10.1 Å². The number of rotatable bonds is 7. The second kappa shape index (κ2) is 6.71. The molecule has 0 aromatic heterocycles. The Hall–Kier alpha value is -2.13. The maximum atomic E-state index is 10.8. The SMILES string of the molecule is CCNC(C)(C#N)CCOc1ccccc1[N+](=O)[O-]. The Labute approximate surface area is 112 Å². The predicted octanol–water partition coefficient (Wildman–Crippen LogP) is 2.26. The molecule has 6 heteroatoms. The molecular formula is C13H17N3O3. The smallest absolute Gasteiger partial charge is 0.310 e. The van der Waals surface area contributed by atoms with Crippen LogP contribution in [-0.4, -0.2) is 23.6 Å². The minimum absolute atomic E-state index is 0.0652. The van der Waals surface area contributed by atoms with Gasteiger partial charge in [0.1, 0.15) is 5.54 Å². The summed E-state index contributed by atoms with van der Waals surface area (Å²) in [7, 11) is 0. The molecule has 1 unspecified atom stereocenters. The normalized spacial score (nSPS) is 13.3. The van der Waals surface area contributed by atoms with Crippen molar-refractivity contribution in [2.75, 3.05) is 13.2 Å². The van der Waals surface area contributed by atoms with Crippen LogP contribution in [0.4, 0.5) is 5.69 Å². The highest BCUT2D eigenvalue weighted by molar-refractivity contribution is 5.45. The van der Waals surface area contributed by atoms with Crippen molar-refractivity contribution in [1.82, 2.24) is 5.32 Å². The van der Waals surface area contributed by atoms with Crippen molar-refractivity contribution in [2.24, 2.45) is 0 Å². The Kier molecular flexibility index (Phi) is 5.27. The fraction of sp³-hybridized carbons (Fsp3) is 0.462. The van der Waals surface area contributed by atoms with E-state index in [2.05, 4.69) is 11.4 Å². The lowest BCUT2D eigenvalue weighted by atomic mass is 10.0. The lowest BCUT2D eigenvalue weighted by Crippen LogP contribution is -2.42. The molecule has 1 N–H and O–H groups in total. The van der Waals surface area contributed by atoms with Crippen molar-refractivity contribution in [3.05, 3.63) is 34.4 Å². The van der Waals surface area contributed by atoms with Gasteiger partial charge in [-0.25, -0.2) is 0 Å². The molecule has 19 heavy (non-hydrogen) atoms. The van der Waals surface area contributed by atoms with Gasteiger partial charge in [-0.1, -0.05) is 19.1 Å². The lowest BCUT2D eigenvalue weighted by Gasteiger charge is -2.22. The number of hydrogen-bond acceptors (Lipinski definition) is 5. The first-order chi connectivity index (χ1) is 9.02. The van der Waals surface area contributed by atoms with Gasteiger partial charge in [-0.3, -0.25) is 15.4 Å². The second-order valence-electron chi connectivity index (χ2n) is 4.30. The highest BCUT2D eigenvalue weighted by atomic mass is 16.6. The number of benzene rings is 1. The van der Waals surface area contributed by atoms with E-state index in [1.165, 1.54) is 6.07 Å². The predicted molar refractivity (Wildman–Crippen MR) is 70.9 cm³/mol. The van der Waals surface area contributed by atoms with Crippen LogP contribution in [0.15, 0.2) is 24.3 Å². The monoisotopic (exact) mass is 263 g/mol. The van der Waals surface area contributed by atoms with Crippen LogP contribution >= 0.6 is 0 Å². The van der Waals surface area contributed by atoms with E-state index >= 15 is 0 Å². The van der Waals surface area contributed by atoms with E-state index in [0.717, 1.165) is 0 Å². The maximum Gasteiger partial charge on any atom is 0.310 e. The summed E-state index contributed by atoms with van der Waals surface area (Å²) in [5.74, 6) is 0.226. The maximum absolute atomic E-state index is 10.8. The molecular weight excluding hydrogens is 246 g/mol. The van der Waals surface area contributed by atoms with E-state index in [4.69, 9.17) is 10.00 Å². The molecule has 1 rings (SSSR count). The van der Waals surface area contributed by atoms with Crippen LogP contribution in [0.3, 0.4) is 0 Å². The highest BCUT2D eigenvalue weighted by Gasteiger charge is 2.23. The zero-order chi connectivity index (χ0) is 14.3. The topological polar surface area (TPSA) is 88.2 Å². The largest absolute Gasteiger partial charge is 0.487 e. The molecule has 1 aromatic carbocycles. The highest BCUT2D eigenvalue weighted by Crippen LogP contribution is 2.26. The van der Waals surface area contributed by atoms with Gasteiger partial charge in [-0.05, 0) is 19.5 Å². The number of nitro benzene ring substituents is 1. The van der Waals surface area contributed by atoms with Crippen LogP contribution in [0.25, 0.3) is 0 Å². The van der Waals surface area contributed by atoms with Gasteiger partial charge in [0.2, 0.25) is 0 Å². The molecule has 6 nitrogen and oxygen atoms in total. The molecule has 0 aliphatic heterocycles. The van der Waals surface area contributed by atoms with E-state index in [-0.39, 0.29) is 18.0 Å². The minimum Gasteiger partial charge on any atom is -0.487 e. The third kappa shape index (κ3) is 4.23. The number of para-hydroxylation sites is 2. The molecule has 0 saturated heterocycles. The number of nitro groups is 1. The Bertz CT molecular complexity index is 484. The minimum atomic E-state index is -0.682. The Morgan fingerprint density at radius 2 is 2.21 bits per heavy atom. The first-order valence-corrected chi connectivity index (χ1v) is 6.05. The van der Waals surface area contributed by atoms with Crippen LogP contribution < -0.4 is 10.1 Å². The molecule has 0 spiro atoms. The van der Waals surface area contributed by atoms with Gasteiger partial charge in [0.05, 0.1) is 17.6 Å². The van der Waals surface area contributed by atoms with Crippen molar-refractivity contribution in [3.8, 4) is 11.8 Å². The molecule has 0 fully saturated rings. The molecule has 1 aromatic rings. The number of nitrogens with zero attached hydrogens (tertiary/aromatic N) is 2.